The predicted octanol–water partition coefficient (Wildman–Crippen LogP) is 1.11. The highest BCUT2D eigenvalue weighted by atomic mass is 16.8. The lowest BCUT2D eigenvalue weighted by molar-refractivity contribution is -0.302. The van der Waals surface area contributed by atoms with Crippen molar-refractivity contribution in [2.45, 2.75) is 39.3 Å². The van der Waals surface area contributed by atoms with E-state index in [4.69, 9.17) is 14.2 Å². The summed E-state index contributed by atoms with van der Waals surface area (Å²) in [5.41, 5.74) is 0. The van der Waals surface area contributed by atoms with Crippen LogP contribution in [0.3, 0.4) is 0 Å². The molecule has 1 aliphatic rings. The van der Waals surface area contributed by atoms with Crippen LogP contribution in [0.1, 0.15) is 26.7 Å². The molecular weight excluding hydrogens is 182 g/mol. The molecule has 1 unspecified atom stereocenters. The number of ether oxygens (including phenoxy) is 3. The molecule has 0 amide bonds. The molecule has 14 heavy (non-hydrogen) atoms. The SMILES string of the molecule is CCOC(OCC)OC1CCCNC1. The van der Waals surface area contributed by atoms with Gasteiger partial charge in [-0.05, 0) is 33.2 Å². The highest BCUT2D eigenvalue weighted by molar-refractivity contribution is 4.68. The molecule has 0 aromatic rings. The van der Waals surface area contributed by atoms with E-state index in [0.29, 0.717) is 13.2 Å². The molecule has 0 aliphatic carbocycles. The first-order valence-electron chi connectivity index (χ1n) is 5.46. The molecule has 0 aromatic carbocycles. The van der Waals surface area contributed by atoms with Gasteiger partial charge in [-0.1, -0.05) is 0 Å². The van der Waals surface area contributed by atoms with Crippen LogP contribution in [0.25, 0.3) is 0 Å². The van der Waals surface area contributed by atoms with Crippen LogP contribution in [0, 0.1) is 0 Å². The molecule has 4 heteroatoms. The van der Waals surface area contributed by atoms with Gasteiger partial charge in [0, 0.05) is 19.8 Å². The second-order valence-corrected chi connectivity index (χ2v) is 3.30. The van der Waals surface area contributed by atoms with E-state index < -0.39 is 6.48 Å². The molecule has 1 saturated heterocycles. The minimum absolute atomic E-state index is 0.229. The van der Waals surface area contributed by atoms with E-state index in [1.54, 1.807) is 0 Å². The molecule has 0 radical (unpaired) electrons. The summed E-state index contributed by atoms with van der Waals surface area (Å²) in [5, 5.41) is 3.29. The first kappa shape index (κ1) is 11.9. The van der Waals surface area contributed by atoms with Crippen LogP contribution < -0.4 is 5.32 Å². The molecule has 1 aliphatic heterocycles. The molecule has 0 saturated carbocycles. The molecule has 1 fully saturated rings. The highest BCUT2D eigenvalue weighted by Gasteiger charge is 2.18. The fourth-order valence-corrected chi connectivity index (χ4v) is 1.49. The van der Waals surface area contributed by atoms with E-state index in [9.17, 15) is 0 Å². The van der Waals surface area contributed by atoms with Gasteiger partial charge in [-0.15, -0.1) is 0 Å². The van der Waals surface area contributed by atoms with Crippen molar-refractivity contribution >= 4 is 0 Å². The van der Waals surface area contributed by atoms with Crippen LogP contribution in [0.4, 0.5) is 0 Å². The quantitative estimate of drug-likeness (QED) is 0.656. The average molecular weight is 203 g/mol. The minimum Gasteiger partial charge on any atom is -0.330 e. The second kappa shape index (κ2) is 7.17. The Labute approximate surface area is 85.9 Å². The van der Waals surface area contributed by atoms with E-state index in [1.807, 2.05) is 13.8 Å². The Morgan fingerprint density at radius 3 is 2.50 bits per heavy atom. The number of hydrogen-bond acceptors (Lipinski definition) is 4. The Bertz CT molecular complexity index is 131. The number of nitrogens with one attached hydrogen (secondary N) is 1. The molecule has 1 heterocycles. The van der Waals surface area contributed by atoms with E-state index >= 15 is 0 Å². The summed E-state index contributed by atoms with van der Waals surface area (Å²) < 4.78 is 16.3. The lowest BCUT2D eigenvalue weighted by Crippen LogP contribution is -2.39. The van der Waals surface area contributed by atoms with Crippen molar-refractivity contribution in [2.24, 2.45) is 0 Å². The first-order chi connectivity index (χ1) is 6.86. The van der Waals surface area contributed by atoms with Gasteiger partial charge >= 0.3 is 0 Å². The van der Waals surface area contributed by atoms with Crippen molar-refractivity contribution in [3.05, 3.63) is 0 Å². The Hall–Kier alpha value is -0.160. The summed E-state index contributed by atoms with van der Waals surface area (Å²) in [6.07, 6.45) is 2.48. The highest BCUT2D eigenvalue weighted by Crippen LogP contribution is 2.10. The van der Waals surface area contributed by atoms with Gasteiger partial charge in [-0.25, -0.2) is 0 Å². The van der Waals surface area contributed by atoms with Gasteiger partial charge in [0.25, 0.3) is 6.48 Å². The number of piperidine rings is 1. The van der Waals surface area contributed by atoms with Gasteiger partial charge in [0.05, 0.1) is 6.10 Å². The van der Waals surface area contributed by atoms with Crippen molar-refractivity contribution < 1.29 is 14.2 Å². The molecule has 1 atom stereocenters. The Morgan fingerprint density at radius 2 is 2.00 bits per heavy atom. The van der Waals surface area contributed by atoms with Crippen LogP contribution in [0.5, 0.6) is 0 Å². The largest absolute Gasteiger partial charge is 0.330 e. The smallest absolute Gasteiger partial charge is 0.271 e. The third-order valence-electron chi connectivity index (χ3n) is 2.16. The number of rotatable bonds is 6. The monoisotopic (exact) mass is 203 g/mol. The zero-order valence-corrected chi connectivity index (χ0v) is 9.12. The average Bonchev–Trinajstić information content (AvgIpc) is 2.20. The lowest BCUT2D eigenvalue weighted by atomic mass is 10.1. The zero-order valence-electron chi connectivity index (χ0n) is 9.12. The van der Waals surface area contributed by atoms with Crippen molar-refractivity contribution in [2.75, 3.05) is 26.3 Å². The van der Waals surface area contributed by atoms with Gasteiger partial charge in [-0.2, -0.15) is 0 Å². The van der Waals surface area contributed by atoms with Crippen LogP contribution in [0.15, 0.2) is 0 Å². The first-order valence-corrected chi connectivity index (χ1v) is 5.46. The predicted molar refractivity (Wildman–Crippen MR) is 54.0 cm³/mol. The lowest BCUT2D eigenvalue weighted by Gasteiger charge is -2.27. The van der Waals surface area contributed by atoms with Crippen LogP contribution in [-0.2, 0) is 14.2 Å². The maximum atomic E-state index is 5.67. The van der Waals surface area contributed by atoms with Crippen LogP contribution >= 0.6 is 0 Å². The molecule has 84 valence electrons. The van der Waals surface area contributed by atoms with Gasteiger partial charge in [0.2, 0.25) is 0 Å². The van der Waals surface area contributed by atoms with Gasteiger partial charge in [-0.3, -0.25) is 0 Å². The molecule has 4 nitrogen and oxygen atoms in total. The Kier molecular flexibility index (Phi) is 6.10. The second-order valence-electron chi connectivity index (χ2n) is 3.30. The maximum absolute atomic E-state index is 5.67. The maximum Gasteiger partial charge on any atom is 0.271 e. The van der Waals surface area contributed by atoms with Crippen molar-refractivity contribution in [3.63, 3.8) is 0 Å². The Balaban J connectivity index is 2.21. The summed E-state index contributed by atoms with van der Waals surface area (Å²) >= 11 is 0. The van der Waals surface area contributed by atoms with Gasteiger partial charge < -0.3 is 19.5 Å². The summed E-state index contributed by atoms with van der Waals surface area (Å²) in [4.78, 5) is 0. The van der Waals surface area contributed by atoms with E-state index in [1.165, 1.54) is 0 Å². The molecule has 1 N–H and O–H groups in total. The third kappa shape index (κ3) is 4.37. The van der Waals surface area contributed by atoms with Crippen molar-refractivity contribution in [1.82, 2.24) is 5.32 Å². The van der Waals surface area contributed by atoms with Gasteiger partial charge in [0.15, 0.2) is 0 Å². The molecular formula is C10H21NO3. The van der Waals surface area contributed by atoms with Crippen molar-refractivity contribution in [3.8, 4) is 0 Å². The van der Waals surface area contributed by atoms with E-state index in [-0.39, 0.29) is 6.10 Å². The molecule has 0 spiro atoms. The van der Waals surface area contributed by atoms with Crippen LogP contribution in [0.2, 0.25) is 0 Å². The fourth-order valence-electron chi connectivity index (χ4n) is 1.49. The minimum atomic E-state index is -0.491. The summed E-state index contributed by atoms with van der Waals surface area (Å²) in [5.74, 6) is 0. The van der Waals surface area contributed by atoms with E-state index in [0.717, 1.165) is 25.9 Å². The Morgan fingerprint density at radius 1 is 1.29 bits per heavy atom. The van der Waals surface area contributed by atoms with Crippen LogP contribution in [-0.4, -0.2) is 38.9 Å². The fraction of sp³-hybridized carbons (Fsp3) is 1.00. The summed E-state index contributed by atoms with van der Waals surface area (Å²) in [7, 11) is 0. The third-order valence-corrected chi connectivity index (χ3v) is 2.16. The normalized spacial score (nSPS) is 22.9. The van der Waals surface area contributed by atoms with Crippen molar-refractivity contribution in [1.29, 1.82) is 0 Å². The van der Waals surface area contributed by atoms with Gasteiger partial charge in [0.1, 0.15) is 0 Å². The topological polar surface area (TPSA) is 39.7 Å². The standard InChI is InChI=1S/C10H21NO3/c1-3-12-10(13-4-2)14-9-6-5-7-11-8-9/h9-11H,3-8H2,1-2H3. The number of hydrogen-bond donors (Lipinski definition) is 1. The molecule has 0 aromatic heterocycles. The summed E-state index contributed by atoms with van der Waals surface area (Å²) in [6, 6.07) is 0. The zero-order chi connectivity index (χ0) is 10.2. The van der Waals surface area contributed by atoms with E-state index in [2.05, 4.69) is 5.32 Å². The molecule has 1 rings (SSSR count). The molecule has 0 bridgehead atoms. The summed E-state index contributed by atoms with van der Waals surface area (Å²) in [6.45, 7) is 6.61.